The SMILES string of the molecule is CCO[C@@H]1C[C@](CO)(NC(=O)C2CC2)C1(C)C. The van der Waals surface area contributed by atoms with E-state index in [0.717, 1.165) is 12.8 Å². The third-order valence-electron chi connectivity index (χ3n) is 4.52. The number of carbonyl (C=O) groups is 1. The fourth-order valence-corrected chi connectivity index (χ4v) is 2.68. The zero-order valence-corrected chi connectivity index (χ0v) is 11.0. The van der Waals surface area contributed by atoms with Gasteiger partial charge in [-0.2, -0.15) is 0 Å². The van der Waals surface area contributed by atoms with Crippen LogP contribution in [0.1, 0.15) is 40.0 Å². The Balaban J connectivity index is 2.03. The Morgan fingerprint density at radius 3 is 2.53 bits per heavy atom. The maximum Gasteiger partial charge on any atom is 0.223 e. The lowest BCUT2D eigenvalue weighted by atomic mass is 9.54. The molecule has 98 valence electrons. The number of aliphatic hydroxyl groups excluding tert-OH is 1. The van der Waals surface area contributed by atoms with Gasteiger partial charge in [-0.1, -0.05) is 13.8 Å². The van der Waals surface area contributed by atoms with E-state index in [2.05, 4.69) is 19.2 Å². The highest BCUT2D eigenvalue weighted by Gasteiger charge is 2.61. The Morgan fingerprint density at radius 2 is 2.12 bits per heavy atom. The van der Waals surface area contributed by atoms with Gasteiger partial charge in [0.05, 0.1) is 18.2 Å². The second kappa shape index (κ2) is 4.25. The summed E-state index contributed by atoms with van der Waals surface area (Å²) in [5, 5.41) is 12.7. The minimum Gasteiger partial charge on any atom is -0.394 e. The van der Waals surface area contributed by atoms with E-state index in [9.17, 15) is 9.90 Å². The molecule has 0 aromatic heterocycles. The summed E-state index contributed by atoms with van der Waals surface area (Å²) in [7, 11) is 0. The third-order valence-corrected chi connectivity index (χ3v) is 4.52. The molecular formula is C13H23NO3. The molecule has 2 aliphatic rings. The number of carbonyl (C=O) groups excluding carboxylic acids is 1. The van der Waals surface area contributed by atoms with E-state index < -0.39 is 5.54 Å². The normalized spacial score (nSPS) is 35.2. The van der Waals surface area contributed by atoms with Crippen LogP contribution in [0.3, 0.4) is 0 Å². The van der Waals surface area contributed by atoms with Crippen molar-refractivity contribution in [1.29, 1.82) is 0 Å². The molecule has 0 aromatic carbocycles. The molecule has 2 atom stereocenters. The van der Waals surface area contributed by atoms with Gasteiger partial charge in [-0.3, -0.25) is 4.79 Å². The fourth-order valence-electron chi connectivity index (χ4n) is 2.68. The lowest BCUT2D eigenvalue weighted by Gasteiger charge is -2.60. The average Bonchev–Trinajstić information content (AvgIpc) is 3.10. The summed E-state index contributed by atoms with van der Waals surface area (Å²) in [4.78, 5) is 11.9. The Bertz CT molecular complexity index is 312. The first-order valence-electron chi connectivity index (χ1n) is 6.51. The van der Waals surface area contributed by atoms with Crippen LogP contribution in [-0.4, -0.2) is 35.9 Å². The smallest absolute Gasteiger partial charge is 0.223 e. The first-order valence-corrected chi connectivity index (χ1v) is 6.51. The minimum absolute atomic E-state index is 0.0119. The zero-order valence-electron chi connectivity index (χ0n) is 11.0. The summed E-state index contributed by atoms with van der Waals surface area (Å²) in [5.41, 5.74) is -0.700. The van der Waals surface area contributed by atoms with Crippen molar-refractivity contribution in [3.05, 3.63) is 0 Å². The zero-order chi connectivity index (χ0) is 12.7. The maximum absolute atomic E-state index is 11.9. The van der Waals surface area contributed by atoms with Crippen molar-refractivity contribution >= 4 is 5.91 Å². The molecule has 2 aliphatic carbocycles. The van der Waals surface area contributed by atoms with Crippen molar-refractivity contribution in [2.45, 2.75) is 51.7 Å². The molecule has 2 saturated carbocycles. The van der Waals surface area contributed by atoms with Crippen LogP contribution in [0.2, 0.25) is 0 Å². The predicted octanol–water partition coefficient (Wildman–Crippen LogP) is 1.08. The monoisotopic (exact) mass is 241 g/mol. The molecule has 0 saturated heterocycles. The molecule has 1 amide bonds. The topological polar surface area (TPSA) is 58.6 Å². The number of hydrogen-bond donors (Lipinski definition) is 2. The van der Waals surface area contributed by atoms with Gasteiger partial charge in [0.25, 0.3) is 0 Å². The van der Waals surface area contributed by atoms with E-state index in [1.54, 1.807) is 0 Å². The Labute approximate surface area is 103 Å². The van der Waals surface area contributed by atoms with E-state index >= 15 is 0 Å². The van der Waals surface area contributed by atoms with Crippen LogP contribution < -0.4 is 5.32 Å². The highest BCUT2D eigenvalue weighted by atomic mass is 16.5. The van der Waals surface area contributed by atoms with Crippen LogP contribution in [0.5, 0.6) is 0 Å². The van der Waals surface area contributed by atoms with Crippen molar-refractivity contribution in [3.63, 3.8) is 0 Å². The van der Waals surface area contributed by atoms with Crippen LogP contribution in [0.4, 0.5) is 0 Å². The number of ether oxygens (including phenoxy) is 1. The fraction of sp³-hybridized carbons (Fsp3) is 0.923. The second-order valence-electron chi connectivity index (χ2n) is 5.87. The van der Waals surface area contributed by atoms with Gasteiger partial charge in [0.2, 0.25) is 5.91 Å². The van der Waals surface area contributed by atoms with Crippen molar-refractivity contribution in [2.24, 2.45) is 11.3 Å². The predicted molar refractivity (Wildman–Crippen MR) is 64.5 cm³/mol. The molecule has 2 fully saturated rings. The molecule has 0 unspecified atom stereocenters. The number of nitrogens with one attached hydrogen (secondary N) is 1. The third kappa shape index (κ3) is 1.97. The van der Waals surface area contributed by atoms with Gasteiger partial charge in [0.15, 0.2) is 0 Å². The van der Waals surface area contributed by atoms with Gasteiger partial charge in [-0.05, 0) is 19.8 Å². The van der Waals surface area contributed by atoms with Gasteiger partial charge in [-0.15, -0.1) is 0 Å². The van der Waals surface area contributed by atoms with Crippen LogP contribution in [0, 0.1) is 11.3 Å². The molecule has 4 heteroatoms. The lowest BCUT2D eigenvalue weighted by Crippen LogP contribution is -2.74. The van der Waals surface area contributed by atoms with E-state index in [0.29, 0.717) is 13.0 Å². The molecular weight excluding hydrogens is 218 g/mol. The van der Waals surface area contributed by atoms with E-state index in [1.165, 1.54) is 0 Å². The first kappa shape index (κ1) is 12.8. The molecule has 0 heterocycles. The Hall–Kier alpha value is -0.610. The Morgan fingerprint density at radius 1 is 1.47 bits per heavy atom. The molecule has 0 radical (unpaired) electrons. The number of rotatable bonds is 5. The largest absolute Gasteiger partial charge is 0.394 e. The van der Waals surface area contributed by atoms with Crippen LogP contribution in [-0.2, 0) is 9.53 Å². The highest BCUT2D eigenvalue weighted by molar-refractivity contribution is 5.82. The van der Waals surface area contributed by atoms with Gasteiger partial charge in [-0.25, -0.2) is 0 Å². The van der Waals surface area contributed by atoms with E-state index in [4.69, 9.17) is 4.74 Å². The highest BCUT2D eigenvalue weighted by Crippen LogP contribution is 2.51. The maximum atomic E-state index is 11.9. The van der Waals surface area contributed by atoms with Crippen molar-refractivity contribution in [2.75, 3.05) is 13.2 Å². The molecule has 17 heavy (non-hydrogen) atoms. The van der Waals surface area contributed by atoms with Gasteiger partial charge < -0.3 is 15.2 Å². The standard InChI is InChI=1S/C13H23NO3/c1-4-17-10-7-13(8-15,12(10,2)3)14-11(16)9-5-6-9/h9-10,15H,4-8H2,1-3H3,(H,14,16)/t10-,13-/m1/s1. The first-order chi connectivity index (χ1) is 7.97. The van der Waals surface area contributed by atoms with Gasteiger partial charge >= 0.3 is 0 Å². The molecule has 0 spiro atoms. The molecule has 0 aliphatic heterocycles. The molecule has 4 nitrogen and oxygen atoms in total. The number of hydrogen-bond acceptors (Lipinski definition) is 3. The molecule has 0 aromatic rings. The minimum atomic E-state index is -0.494. The average molecular weight is 241 g/mol. The van der Waals surface area contributed by atoms with Gasteiger partial charge in [0, 0.05) is 24.4 Å². The second-order valence-corrected chi connectivity index (χ2v) is 5.87. The van der Waals surface area contributed by atoms with Crippen LogP contribution >= 0.6 is 0 Å². The molecule has 2 rings (SSSR count). The van der Waals surface area contributed by atoms with Gasteiger partial charge in [0.1, 0.15) is 0 Å². The molecule has 0 bridgehead atoms. The Kier molecular flexibility index (Phi) is 3.21. The summed E-state index contributed by atoms with van der Waals surface area (Å²) < 4.78 is 5.65. The lowest BCUT2D eigenvalue weighted by molar-refractivity contribution is -0.181. The summed E-state index contributed by atoms with van der Waals surface area (Å²) in [6.07, 6.45) is 2.81. The molecule has 2 N–H and O–H groups in total. The summed E-state index contributed by atoms with van der Waals surface area (Å²) >= 11 is 0. The van der Waals surface area contributed by atoms with Crippen molar-refractivity contribution < 1.29 is 14.6 Å². The van der Waals surface area contributed by atoms with Crippen LogP contribution in [0.15, 0.2) is 0 Å². The van der Waals surface area contributed by atoms with Crippen molar-refractivity contribution in [3.8, 4) is 0 Å². The van der Waals surface area contributed by atoms with Crippen molar-refractivity contribution in [1.82, 2.24) is 5.32 Å². The summed E-state index contributed by atoms with van der Waals surface area (Å²) in [6, 6.07) is 0. The summed E-state index contributed by atoms with van der Waals surface area (Å²) in [6.45, 7) is 6.74. The van der Waals surface area contributed by atoms with Crippen LogP contribution in [0.25, 0.3) is 0 Å². The number of aliphatic hydroxyl groups is 1. The van der Waals surface area contributed by atoms with E-state index in [1.807, 2.05) is 6.92 Å². The van der Waals surface area contributed by atoms with E-state index in [-0.39, 0.29) is 30.0 Å². The number of amides is 1. The summed E-state index contributed by atoms with van der Waals surface area (Å²) in [5.74, 6) is 0.280. The quantitative estimate of drug-likeness (QED) is 0.757.